The van der Waals surface area contributed by atoms with Gasteiger partial charge < -0.3 is 5.11 Å². The molecule has 1 N–H and O–H groups in total. The molecule has 1 heteroatoms. The molecule has 2 aliphatic rings. The summed E-state index contributed by atoms with van der Waals surface area (Å²) in [7, 11) is 0. The zero-order valence-electron chi connectivity index (χ0n) is 9.04. The van der Waals surface area contributed by atoms with E-state index in [1.165, 1.54) is 32.1 Å². The number of rotatable bonds is 2. The molecule has 2 aliphatic carbocycles. The van der Waals surface area contributed by atoms with Gasteiger partial charge in [0.15, 0.2) is 0 Å². The highest BCUT2D eigenvalue weighted by Gasteiger charge is 2.39. The van der Waals surface area contributed by atoms with Crippen LogP contribution >= 0.6 is 0 Å². The van der Waals surface area contributed by atoms with Gasteiger partial charge in [0.1, 0.15) is 0 Å². The molecule has 3 atom stereocenters. The van der Waals surface area contributed by atoms with Crippen LogP contribution in [0.1, 0.15) is 51.4 Å². The number of hydrogen-bond donors (Lipinski definition) is 1. The molecule has 2 fully saturated rings. The van der Waals surface area contributed by atoms with Crippen molar-refractivity contribution >= 4 is 0 Å². The first kappa shape index (κ1) is 10.2. The van der Waals surface area contributed by atoms with Crippen molar-refractivity contribution < 1.29 is 5.11 Å². The van der Waals surface area contributed by atoms with Crippen LogP contribution < -0.4 is 0 Å². The van der Waals surface area contributed by atoms with Crippen LogP contribution in [0.15, 0.2) is 12.7 Å². The lowest BCUT2D eigenvalue weighted by Crippen LogP contribution is -2.40. The van der Waals surface area contributed by atoms with E-state index >= 15 is 0 Å². The number of hydrogen-bond acceptors (Lipinski definition) is 1. The Morgan fingerprint density at radius 3 is 2.64 bits per heavy atom. The minimum absolute atomic E-state index is 0.403. The maximum atomic E-state index is 10.3. The van der Waals surface area contributed by atoms with Gasteiger partial charge in [-0.05, 0) is 37.5 Å². The Bertz CT molecular complexity index is 211. The largest absolute Gasteiger partial charge is 0.390 e. The summed E-state index contributed by atoms with van der Waals surface area (Å²) in [6, 6.07) is 0. The van der Waals surface area contributed by atoms with Gasteiger partial charge in [0.2, 0.25) is 0 Å². The summed E-state index contributed by atoms with van der Waals surface area (Å²) in [5.41, 5.74) is -0.403. The molecule has 0 amide bonds. The molecular formula is C13H22O. The third-order valence-electron chi connectivity index (χ3n) is 4.21. The average Bonchev–Trinajstić information content (AvgIpc) is 2.17. The molecule has 2 rings (SSSR count). The molecule has 80 valence electrons. The Labute approximate surface area is 87.2 Å². The fourth-order valence-corrected chi connectivity index (χ4v) is 3.43. The van der Waals surface area contributed by atoms with Gasteiger partial charge in [-0.1, -0.05) is 31.8 Å². The summed E-state index contributed by atoms with van der Waals surface area (Å²) in [6.07, 6.45) is 11.5. The van der Waals surface area contributed by atoms with Crippen molar-refractivity contribution in [2.45, 2.75) is 57.0 Å². The Kier molecular flexibility index (Phi) is 2.96. The first-order valence-electron chi connectivity index (χ1n) is 6.07. The predicted octanol–water partition coefficient (Wildman–Crippen LogP) is 3.28. The van der Waals surface area contributed by atoms with E-state index in [-0.39, 0.29) is 0 Å². The molecule has 0 aromatic heterocycles. The summed E-state index contributed by atoms with van der Waals surface area (Å²) >= 11 is 0. The monoisotopic (exact) mass is 194 g/mol. The van der Waals surface area contributed by atoms with Crippen molar-refractivity contribution in [3.63, 3.8) is 0 Å². The Morgan fingerprint density at radius 2 is 1.93 bits per heavy atom. The van der Waals surface area contributed by atoms with Crippen molar-refractivity contribution in [2.75, 3.05) is 0 Å². The fourth-order valence-electron chi connectivity index (χ4n) is 3.43. The molecular weight excluding hydrogens is 172 g/mol. The second-order valence-corrected chi connectivity index (χ2v) is 5.26. The van der Waals surface area contributed by atoms with Gasteiger partial charge >= 0.3 is 0 Å². The van der Waals surface area contributed by atoms with Crippen LogP contribution in [0.3, 0.4) is 0 Å². The maximum Gasteiger partial charge on any atom is 0.0684 e. The Hall–Kier alpha value is -0.300. The van der Waals surface area contributed by atoms with E-state index in [4.69, 9.17) is 0 Å². The fraction of sp³-hybridized carbons (Fsp3) is 0.846. The lowest BCUT2D eigenvalue weighted by atomic mass is 9.65. The third-order valence-corrected chi connectivity index (χ3v) is 4.21. The average molecular weight is 194 g/mol. The normalized spacial score (nSPS) is 42.9. The molecule has 0 heterocycles. The second-order valence-electron chi connectivity index (χ2n) is 5.26. The molecule has 2 saturated carbocycles. The smallest absolute Gasteiger partial charge is 0.0684 e. The second kappa shape index (κ2) is 4.06. The summed E-state index contributed by atoms with van der Waals surface area (Å²) in [4.78, 5) is 0. The van der Waals surface area contributed by atoms with Gasteiger partial charge in [-0.3, -0.25) is 0 Å². The van der Waals surface area contributed by atoms with Crippen LogP contribution in [0.4, 0.5) is 0 Å². The highest BCUT2D eigenvalue weighted by atomic mass is 16.3. The molecule has 0 bridgehead atoms. The zero-order chi connectivity index (χ0) is 10.0. The summed E-state index contributed by atoms with van der Waals surface area (Å²) in [5, 5.41) is 10.3. The molecule has 14 heavy (non-hydrogen) atoms. The standard InChI is InChI=1S/C13H22O/c1-2-8-13(14)9-7-11-5-3-4-6-12(11)10-13/h2,11-12,14H,1,3-10H2. The molecule has 0 saturated heterocycles. The van der Waals surface area contributed by atoms with E-state index in [2.05, 4.69) is 6.58 Å². The van der Waals surface area contributed by atoms with Crippen LogP contribution in [-0.4, -0.2) is 10.7 Å². The third kappa shape index (κ3) is 2.03. The van der Waals surface area contributed by atoms with E-state index in [1.807, 2.05) is 6.08 Å². The number of aliphatic hydroxyl groups is 1. The molecule has 3 unspecified atom stereocenters. The van der Waals surface area contributed by atoms with Crippen LogP contribution in [0.25, 0.3) is 0 Å². The van der Waals surface area contributed by atoms with Gasteiger partial charge in [-0.2, -0.15) is 0 Å². The van der Waals surface area contributed by atoms with Crippen molar-refractivity contribution in [2.24, 2.45) is 11.8 Å². The van der Waals surface area contributed by atoms with E-state index in [0.717, 1.165) is 31.1 Å². The van der Waals surface area contributed by atoms with E-state index in [9.17, 15) is 5.11 Å². The van der Waals surface area contributed by atoms with E-state index < -0.39 is 5.60 Å². The zero-order valence-corrected chi connectivity index (χ0v) is 9.04. The first-order valence-corrected chi connectivity index (χ1v) is 6.07. The lowest BCUT2D eigenvalue weighted by Gasteiger charge is -2.43. The van der Waals surface area contributed by atoms with E-state index in [0.29, 0.717) is 0 Å². The van der Waals surface area contributed by atoms with Gasteiger partial charge in [0.05, 0.1) is 5.60 Å². The SMILES string of the molecule is C=CCC1(O)CCC2CCCCC2C1. The van der Waals surface area contributed by atoms with Gasteiger partial charge in [-0.15, -0.1) is 6.58 Å². The minimum Gasteiger partial charge on any atom is -0.390 e. The van der Waals surface area contributed by atoms with Gasteiger partial charge in [0.25, 0.3) is 0 Å². The van der Waals surface area contributed by atoms with Crippen LogP contribution in [0, 0.1) is 11.8 Å². The van der Waals surface area contributed by atoms with Crippen LogP contribution in [0.2, 0.25) is 0 Å². The molecule has 0 aromatic rings. The topological polar surface area (TPSA) is 20.2 Å². The highest BCUT2D eigenvalue weighted by Crippen LogP contribution is 2.45. The van der Waals surface area contributed by atoms with Gasteiger partial charge in [0, 0.05) is 0 Å². The summed E-state index contributed by atoms with van der Waals surface area (Å²) < 4.78 is 0. The Balaban J connectivity index is 1.97. The van der Waals surface area contributed by atoms with E-state index in [1.54, 1.807) is 0 Å². The van der Waals surface area contributed by atoms with Crippen molar-refractivity contribution in [3.05, 3.63) is 12.7 Å². The maximum absolute atomic E-state index is 10.3. The molecule has 1 nitrogen and oxygen atoms in total. The molecule has 0 radical (unpaired) electrons. The van der Waals surface area contributed by atoms with Crippen molar-refractivity contribution in [1.29, 1.82) is 0 Å². The van der Waals surface area contributed by atoms with Crippen LogP contribution in [-0.2, 0) is 0 Å². The Morgan fingerprint density at radius 1 is 1.21 bits per heavy atom. The molecule has 0 spiro atoms. The lowest BCUT2D eigenvalue weighted by molar-refractivity contribution is -0.0425. The first-order chi connectivity index (χ1) is 6.73. The van der Waals surface area contributed by atoms with Gasteiger partial charge in [-0.25, -0.2) is 0 Å². The quantitative estimate of drug-likeness (QED) is 0.669. The van der Waals surface area contributed by atoms with Crippen molar-refractivity contribution in [1.82, 2.24) is 0 Å². The predicted molar refractivity (Wildman–Crippen MR) is 59.1 cm³/mol. The highest BCUT2D eigenvalue weighted by molar-refractivity contribution is 4.95. The van der Waals surface area contributed by atoms with Crippen molar-refractivity contribution in [3.8, 4) is 0 Å². The summed E-state index contributed by atoms with van der Waals surface area (Å²) in [5.74, 6) is 1.73. The van der Waals surface area contributed by atoms with Crippen LogP contribution in [0.5, 0.6) is 0 Å². The molecule has 0 aromatic carbocycles. The molecule has 0 aliphatic heterocycles. The number of fused-ring (bicyclic) bond motifs is 1. The minimum atomic E-state index is -0.403. The summed E-state index contributed by atoms with van der Waals surface area (Å²) in [6.45, 7) is 3.74.